The van der Waals surface area contributed by atoms with Crippen molar-refractivity contribution >= 4 is 17.7 Å². The summed E-state index contributed by atoms with van der Waals surface area (Å²) in [6.45, 7) is 0. The summed E-state index contributed by atoms with van der Waals surface area (Å²) in [6.07, 6.45) is 4.22. The molecule has 0 aromatic carbocycles. The minimum absolute atomic E-state index is 0.00579. The number of carboxylic acid groups (broad SMARTS) is 1. The summed E-state index contributed by atoms with van der Waals surface area (Å²) in [5.41, 5.74) is 0.380. The molecule has 2 rings (SSSR count). The number of carbonyl (C=O) groups excluding carboxylic acids is 1. The molecule has 1 aromatic heterocycles. The highest BCUT2D eigenvalue weighted by Gasteiger charge is 2.28. The molecule has 7 nitrogen and oxygen atoms in total. The summed E-state index contributed by atoms with van der Waals surface area (Å²) in [4.78, 5) is 26.2. The van der Waals surface area contributed by atoms with E-state index in [0.29, 0.717) is 5.69 Å². The van der Waals surface area contributed by atoms with E-state index in [4.69, 9.17) is 9.84 Å². The Balaban J connectivity index is 1.89. The molecule has 0 aliphatic heterocycles. The fraction of sp³-hybridized carbons (Fsp3) is 0.462. The van der Waals surface area contributed by atoms with Crippen molar-refractivity contribution in [2.24, 2.45) is 0 Å². The van der Waals surface area contributed by atoms with Crippen molar-refractivity contribution in [1.29, 1.82) is 0 Å². The molecule has 1 heterocycles. The molecule has 2 unspecified atom stereocenters. The Kier molecular flexibility index (Phi) is 4.52. The van der Waals surface area contributed by atoms with Crippen molar-refractivity contribution in [3.8, 4) is 0 Å². The Morgan fingerprint density at radius 2 is 2.20 bits per heavy atom. The van der Waals surface area contributed by atoms with Gasteiger partial charge in [0.2, 0.25) is 0 Å². The van der Waals surface area contributed by atoms with Crippen LogP contribution in [0, 0.1) is 0 Å². The first-order valence-corrected chi connectivity index (χ1v) is 6.40. The van der Waals surface area contributed by atoms with Crippen molar-refractivity contribution in [2.75, 3.05) is 12.4 Å². The number of aromatic nitrogens is 1. The Labute approximate surface area is 116 Å². The quantitative estimate of drug-likeness (QED) is 0.774. The first-order valence-electron chi connectivity index (χ1n) is 6.40. The molecule has 3 N–H and O–H groups in total. The lowest BCUT2D eigenvalue weighted by atomic mass is 10.2. The standard InChI is InChI=1S/C13H17N3O4/c1-20-11-4-2-3-9(11)16-13(19)15-8-5-6-10(12(17)18)14-7-8/h5-7,9,11H,2-4H2,1H3,(H,17,18)(H2,15,16,19). The van der Waals surface area contributed by atoms with E-state index in [9.17, 15) is 9.59 Å². The summed E-state index contributed by atoms with van der Waals surface area (Å²) in [7, 11) is 1.64. The minimum Gasteiger partial charge on any atom is -0.477 e. The van der Waals surface area contributed by atoms with Gasteiger partial charge < -0.3 is 20.5 Å². The topological polar surface area (TPSA) is 101 Å². The molecule has 20 heavy (non-hydrogen) atoms. The average Bonchev–Trinajstić information content (AvgIpc) is 2.86. The second-order valence-corrected chi connectivity index (χ2v) is 4.65. The van der Waals surface area contributed by atoms with Crippen LogP contribution in [-0.4, -0.2) is 41.3 Å². The van der Waals surface area contributed by atoms with Crippen molar-refractivity contribution < 1.29 is 19.4 Å². The summed E-state index contributed by atoms with van der Waals surface area (Å²) in [5.74, 6) is -1.10. The molecule has 0 spiro atoms. The van der Waals surface area contributed by atoms with Gasteiger partial charge in [-0.15, -0.1) is 0 Å². The number of aromatic carboxylic acids is 1. The zero-order chi connectivity index (χ0) is 14.5. The van der Waals surface area contributed by atoms with E-state index in [1.165, 1.54) is 18.3 Å². The molecule has 2 amide bonds. The van der Waals surface area contributed by atoms with E-state index in [-0.39, 0.29) is 23.9 Å². The van der Waals surface area contributed by atoms with Crippen molar-refractivity contribution in [2.45, 2.75) is 31.4 Å². The second-order valence-electron chi connectivity index (χ2n) is 4.65. The number of carboxylic acids is 1. The van der Waals surface area contributed by atoms with E-state index < -0.39 is 5.97 Å². The van der Waals surface area contributed by atoms with Gasteiger partial charge in [0.25, 0.3) is 0 Å². The van der Waals surface area contributed by atoms with Gasteiger partial charge >= 0.3 is 12.0 Å². The number of nitrogens with zero attached hydrogens (tertiary/aromatic N) is 1. The van der Waals surface area contributed by atoms with E-state index in [1.54, 1.807) is 7.11 Å². The molecular formula is C13H17N3O4. The van der Waals surface area contributed by atoms with Gasteiger partial charge in [0.1, 0.15) is 5.69 Å². The highest BCUT2D eigenvalue weighted by molar-refractivity contribution is 5.90. The molecule has 0 saturated heterocycles. The van der Waals surface area contributed by atoms with Crippen LogP contribution >= 0.6 is 0 Å². The molecular weight excluding hydrogens is 262 g/mol. The maximum Gasteiger partial charge on any atom is 0.354 e. The number of methoxy groups -OCH3 is 1. The first kappa shape index (κ1) is 14.3. The molecule has 7 heteroatoms. The van der Waals surface area contributed by atoms with Gasteiger partial charge in [-0.1, -0.05) is 0 Å². The van der Waals surface area contributed by atoms with Gasteiger partial charge in [0, 0.05) is 7.11 Å². The third-order valence-corrected chi connectivity index (χ3v) is 3.31. The number of carbonyl (C=O) groups is 2. The number of ether oxygens (including phenoxy) is 1. The monoisotopic (exact) mass is 279 g/mol. The number of amides is 2. The van der Waals surface area contributed by atoms with Crippen molar-refractivity contribution in [3.05, 3.63) is 24.0 Å². The third-order valence-electron chi connectivity index (χ3n) is 3.31. The van der Waals surface area contributed by atoms with Gasteiger partial charge in [0.15, 0.2) is 0 Å². The third kappa shape index (κ3) is 3.45. The van der Waals surface area contributed by atoms with Crippen LogP contribution in [-0.2, 0) is 4.74 Å². The molecule has 1 saturated carbocycles. The number of pyridine rings is 1. The molecule has 2 atom stereocenters. The number of anilines is 1. The molecule has 1 fully saturated rings. The fourth-order valence-corrected chi connectivity index (χ4v) is 2.30. The SMILES string of the molecule is COC1CCCC1NC(=O)Nc1ccc(C(=O)O)nc1. The number of nitrogens with one attached hydrogen (secondary N) is 2. The molecule has 1 aliphatic rings. The molecule has 108 valence electrons. The number of rotatable bonds is 4. The zero-order valence-electron chi connectivity index (χ0n) is 11.1. The van der Waals surface area contributed by atoms with Gasteiger partial charge in [-0.3, -0.25) is 0 Å². The molecule has 1 aromatic rings. The summed E-state index contributed by atoms with van der Waals surface area (Å²) < 4.78 is 5.30. The second kappa shape index (κ2) is 6.33. The highest BCUT2D eigenvalue weighted by atomic mass is 16.5. The van der Waals surface area contributed by atoms with Crippen molar-refractivity contribution in [1.82, 2.24) is 10.3 Å². The minimum atomic E-state index is -1.10. The van der Waals surface area contributed by atoms with Gasteiger partial charge in [-0.05, 0) is 31.4 Å². The predicted molar refractivity (Wildman–Crippen MR) is 71.8 cm³/mol. The van der Waals surface area contributed by atoms with E-state index >= 15 is 0 Å². The van der Waals surface area contributed by atoms with Crippen LogP contribution in [0.25, 0.3) is 0 Å². The van der Waals surface area contributed by atoms with Crippen LogP contribution in [0.15, 0.2) is 18.3 Å². The van der Waals surface area contributed by atoms with Gasteiger partial charge in [0.05, 0.1) is 24.0 Å². The Hall–Kier alpha value is -2.15. The highest BCUT2D eigenvalue weighted by Crippen LogP contribution is 2.21. The average molecular weight is 279 g/mol. The maximum atomic E-state index is 11.8. The molecule has 0 radical (unpaired) electrons. The van der Waals surface area contributed by atoms with Crippen LogP contribution in [0.2, 0.25) is 0 Å². The normalized spacial score (nSPS) is 21.4. The summed E-state index contributed by atoms with van der Waals surface area (Å²) >= 11 is 0. The number of hydrogen-bond donors (Lipinski definition) is 3. The Morgan fingerprint density at radius 1 is 1.40 bits per heavy atom. The van der Waals surface area contributed by atoms with E-state index in [1.807, 2.05) is 0 Å². The lowest BCUT2D eigenvalue weighted by Gasteiger charge is -2.19. The van der Waals surface area contributed by atoms with Crippen LogP contribution in [0.1, 0.15) is 29.8 Å². The van der Waals surface area contributed by atoms with Gasteiger partial charge in [-0.2, -0.15) is 0 Å². The lowest BCUT2D eigenvalue weighted by molar-refractivity contribution is 0.0690. The zero-order valence-corrected chi connectivity index (χ0v) is 11.1. The number of urea groups is 1. The Bertz CT molecular complexity index is 489. The fourth-order valence-electron chi connectivity index (χ4n) is 2.30. The summed E-state index contributed by atoms with van der Waals surface area (Å²) in [5, 5.41) is 14.2. The van der Waals surface area contributed by atoms with Crippen LogP contribution in [0.3, 0.4) is 0 Å². The molecule has 1 aliphatic carbocycles. The van der Waals surface area contributed by atoms with Crippen LogP contribution in [0.5, 0.6) is 0 Å². The largest absolute Gasteiger partial charge is 0.477 e. The van der Waals surface area contributed by atoms with Gasteiger partial charge in [-0.25, -0.2) is 14.6 Å². The van der Waals surface area contributed by atoms with Crippen LogP contribution < -0.4 is 10.6 Å². The maximum absolute atomic E-state index is 11.8. The molecule has 0 bridgehead atoms. The van der Waals surface area contributed by atoms with E-state index in [2.05, 4.69) is 15.6 Å². The predicted octanol–water partition coefficient (Wildman–Crippen LogP) is 1.47. The van der Waals surface area contributed by atoms with Crippen LogP contribution in [0.4, 0.5) is 10.5 Å². The number of hydrogen-bond acceptors (Lipinski definition) is 4. The van der Waals surface area contributed by atoms with Crippen molar-refractivity contribution in [3.63, 3.8) is 0 Å². The first-order chi connectivity index (χ1) is 9.60. The Morgan fingerprint density at radius 3 is 2.80 bits per heavy atom. The lowest BCUT2D eigenvalue weighted by Crippen LogP contribution is -2.42. The van der Waals surface area contributed by atoms with E-state index in [0.717, 1.165) is 19.3 Å². The summed E-state index contributed by atoms with van der Waals surface area (Å²) in [6, 6.07) is 2.50. The smallest absolute Gasteiger partial charge is 0.354 e.